The average molecular weight is 594 g/mol. The summed E-state index contributed by atoms with van der Waals surface area (Å²) in [4.78, 5) is 10.7. The van der Waals surface area contributed by atoms with Crippen LogP contribution in [-0.2, 0) is 6.54 Å². The molecule has 8 heteroatoms. The zero-order chi connectivity index (χ0) is 30.7. The molecule has 3 heterocycles. The fraction of sp³-hybridized carbons (Fsp3) is 0.543. The molecule has 0 radical (unpaired) electrons. The largest absolute Gasteiger partial charge is 0.376 e. The van der Waals surface area contributed by atoms with Gasteiger partial charge in [-0.15, -0.1) is 0 Å². The average Bonchev–Trinajstić information content (AvgIpc) is 3.77. The molecule has 43 heavy (non-hydrogen) atoms. The third-order valence-corrected chi connectivity index (χ3v) is 9.67. The predicted molar refractivity (Wildman–Crippen MR) is 168 cm³/mol. The fourth-order valence-electron chi connectivity index (χ4n) is 6.29. The van der Waals surface area contributed by atoms with Gasteiger partial charge in [-0.3, -0.25) is 4.98 Å². The van der Waals surface area contributed by atoms with Crippen LogP contribution in [-0.4, -0.2) is 29.1 Å². The predicted octanol–water partition coefficient (Wildman–Crippen LogP) is 8.45. The molecule has 2 aromatic heterocycles. The zero-order valence-corrected chi connectivity index (χ0v) is 26.0. The number of benzene rings is 1. The van der Waals surface area contributed by atoms with Crippen LogP contribution in [0.5, 0.6) is 0 Å². The zero-order valence-electron chi connectivity index (χ0n) is 26.0. The highest BCUT2D eigenvalue weighted by Gasteiger charge is 2.32. The van der Waals surface area contributed by atoms with Gasteiger partial charge in [0.05, 0.1) is 35.4 Å². The van der Waals surface area contributed by atoms with Crippen molar-refractivity contribution in [3.05, 3.63) is 71.4 Å². The van der Waals surface area contributed by atoms with Gasteiger partial charge >= 0.3 is 0 Å². The lowest BCUT2D eigenvalue weighted by atomic mass is 9.66. The van der Waals surface area contributed by atoms with Gasteiger partial charge in [-0.2, -0.15) is 0 Å². The quantitative estimate of drug-likeness (QED) is 0.274. The lowest BCUT2D eigenvalue weighted by molar-refractivity contribution is 0.116. The molecule has 0 amide bonds. The fourth-order valence-corrected chi connectivity index (χ4v) is 6.29. The van der Waals surface area contributed by atoms with E-state index in [4.69, 9.17) is 5.73 Å². The SMILES string of the molecule is CC1CC(N)CN(c2ccncc2NCc2ccc(F)c(-c3c(F)cc(C4CC4)cc3F)n2)C1.CCC(C)(C)C1CCC1. The first-order chi connectivity index (χ1) is 20.6. The van der Waals surface area contributed by atoms with Crippen LogP contribution in [0.4, 0.5) is 24.5 Å². The van der Waals surface area contributed by atoms with Crippen molar-refractivity contribution in [2.45, 2.75) is 91.1 Å². The van der Waals surface area contributed by atoms with E-state index in [9.17, 15) is 13.2 Å². The van der Waals surface area contributed by atoms with Crippen LogP contribution in [0.3, 0.4) is 0 Å². The Balaban J connectivity index is 0.000000351. The number of nitrogens with zero attached hydrogens (tertiary/aromatic N) is 3. The van der Waals surface area contributed by atoms with E-state index in [1.54, 1.807) is 12.4 Å². The van der Waals surface area contributed by atoms with E-state index >= 15 is 0 Å². The number of rotatable bonds is 8. The van der Waals surface area contributed by atoms with Crippen molar-refractivity contribution in [1.29, 1.82) is 0 Å². The van der Waals surface area contributed by atoms with Crippen molar-refractivity contribution in [2.24, 2.45) is 23.0 Å². The topological polar surface area (TPSA) is 67.1 Å². The van der Waals surface area contributed by atoms with Crippen LogP contribution in [0.15, 0.2) is 42.7 Å². The van der Waals surface area contributed by atoms with Crippen molar-refractivity contribution in [2.75, 3.05) is 23.3 Å². The van der Waals surface area contributed by atoms with Crippen LogP contribution in [0.1, 0.15) is 89.8 Å². The highest BCUT2D eigenvalue weighted by Crippen LogP contribution is 2.44. The number of piperidine rings is 1. The number of aromatic nitrogens is 2. The number of pyridine rings is 2. The Hall–Kier alpha value is -3.13. The molecular weight excluding hydrogens is 547 g/mol. The maximum atomic E-state index is 14.8. The summed E-state index contributed by atoms with van der Waals surface area (Å²) in [5, 5.41) is 3.30. The summed E-state index contributed by atoms with van der Waals surface area (Å²) in [7, 11) is 0. The Bertz CT molecular complexity index is 1370. The van der Waals surface area contributed by atoms with Gasteiger partial charge in [-0.1, -0.05) is 40.5 Å². The third kappa shape index (κ3) is 7.51. The van der Waals surface area contributed by atoms with E-state index in [0.717, 1.165) is 49.6 Å². The van der Waals surface area contributed by atoms with Gasteiger partial charge in [0.1, 0.15) is 23.1 Å². The summed E-state index contributed by atoms with van der Waals surface area (Å²) in [6.07, 6.45) is 12.1. The summed E-state index contributed by atoms with van der Waals surface area (Å²) < 4.78 is 44.2. The maximum absolute atomic E-state index is 14.8. The van der Waals surface area contributed by atoms with E-state index in [0.29, 0.717) is 22.6 Å². The molecule has 3 aliphatic rings. The Morgan fingerprint density at radius 3 is 2.30 bits per heavy atom. The highest BCUT2D eigenvalue weighted by molar-refractivity contribution is 5.69. The highest BCUT2D eigenvalue weighted by atomic mass is 19.1. The molecule has 0 bridgehead atoms. The van der Waals surface area contributed by atoms with E-state index in [2.05, 4.69) is 47.9 Å². The number of hydrogen-bond donors (Lipinski definition) is 2. The van der Waals surface area contributed by atoms with E-state index in [1.165, 1.54) is 49.9 Å². The van der Waals surface area contributed by atoms with Crippen LogP contribution < -0.4 is 16.0 Å². The maximum Gasteiger partial charge on any atom is 0.149 e. The van der Waals surface area contributed by atoms with Crippen molar-refractivity contribution < 1.29 is 13.2 Å². The molecule has 2 unspecified atom stereocenters. The molecule has 0 spiro atoms. The number of nitrogens with two attached hydrogens (primary N) is 1. The van der Waals surface area contributed by atoms with Gasteiger partial charge in [0.15, 0.2) is 0 Å². The van der Waals surface area contributed by atoms with Crippen molar-refractivity contribution in [1.82, 2.24) is 9.97 Å². The summed E-state index contributed by atoms with van der Waals surface area (Å²) in [6.45, 7) is 11.2. The van der Waals surface area contributed by atoms with E-state index in [1.807, 2.05) is 6.07 Å². The molecule has 2 saturated carbocycles. The van der Waals surface area contributed by atoms with Gasteiger partial charge < -0.3 is 16.0 Å². The molecule has 3 N–H and O–H groups in total. The van der Waals surface area contributed by atoms with Gasteiger partial charge in [-0.05, 0) is 91.2 Å². The van der Waals surface area contributed by atoms with Gasteiger partial charge in [0.2, 0.25) is 0 Å². The number of anilines is 2. The minimum atomic E-state index is -0.788. The molecule has 2 atom stereocenters. The molecule has 3 fully saturated rings. The summed E-state index contributed by atoms with van der Waals surface area (Å²) >= 11 is 0. The summed E-state index contributed by atoms with van der Waals surface area (Å²) in [5.41, 5.74) is 8.96. The standard InChI is InChI=1S/C26H28F3N5.C9H18/c1-15-8-18(30)14-34(13-15)24-6-7-31-12-23(24)32-11-19-4-5-20(27)26(33-19)25-21(28)9-17(10-22(25)29)16-2-3-16;1-4-9(2,3)8-6-5-7-8/h4-7,9-10,12,15-16,18,32H,2-3,8,11,13-14,30H2,1H3;8H,4-7H2,1-3H3. The molecule has 232 valence electrons. The molecule has 6 rings (SSSR count). The normalized spacial score (nSPS) is 20.7. The van der Waals surface area contributed by atoms with Crippen LogP contribution in [0.2, 0.25) is 0 Å². The second-order valence-electron chi connectivity index (χ2n) is 13.5. The van der Waals surface area contributed by atoms with Crippen molar-refractivity contribution in [3.63, 3.8) is 0 Å². The monoisotopic (exact) mass is 593 g/mol. The first-order valence-corrected chi connectivity index (χ1v) is 15.9. The molecule has 3 aromatic rings. The summed E-state index contributed by atoms with van der Waals surface area (Å²) in [6, 6.07) is 7.34. The molecule has 2 aliphatic carbocycles. The number of halogens is 3. The van der Waals surface area contributed by atoms with Crippen LogP contribution in [0.25, 0.3) is 11.3 Å². The van der Waals surface area contributed by atoms with Gasteiger partial charge in [0.25, 0.3) is 0 Å². The molecule has 5 nitrogen and oxygen atoms in total. The Morgan fingerprint density at radius 2 is 1.72 bits per heavy atom. The number of nitrogens with one attached hydrogen (secondary N) is 1. The first kappa shape index (κ1) is 31.3. The molecule has 1 aromatic carbocycles. The van der Waals surface area contributed by atoms with E-state index in [-0.39, 0.29) is 24.2 Å². The van der Waals surface area contributed by atoms with Gasteiger partial charge in [0, 0.05) is 25.3 Å². The molecule has 1 saturated heterocycles. The lowest BCUT2D eigenvalue weighted by Gasteiger charge is -2.39. The van der Waals surface area contributed by atoms with Gasteiger partial charge in [-0.25, -0.2) is 18.2 Å². The molecule has 1 aliphatic heterocycles. The minimum Gasteiger partial charge on any atom is -0.376 e. The Morgan fingerprint density at radius 1 is 1.00 bits per heavy atom. The second-order valence-corrected chi connectivity index (χ2v) is 13.5. The smallest absolute Gasteiger partial charge is 0.149 e. The summed E-state index contributed by atoms with van der Waals surface area (Å²) in [5.74, 6) is -0.631. The Labute approximate surface area is 254 Å². The van der Waals surface area contributed by atoms with Crippen LogP contribution in [0, 0.1) is 34.7 Å². The van der Waals surface area contributed by atoms with Crippen molar-refractivity contribution >= 4 is 11.4 Å². The Kier molecular flexibility index (Phi) is 9.64. The second kappa shape index (κ2) is 13.2. The number of hydrogen-bond acceptors (Lipinski definition) is 5. The lowest BCUT2D eigenvalue weighted by Crippen LogP contribution is -2.46. The van der Waals surface area contributed by atoms with Crippen LogP contribution >= 0.6 is 0 Å². The third-order valence-electron chi connectivity index (χ3n) is 9.67. The van der Waals surface area contributed by atoms with Crippen molar-refractivity contribution in [3.8, 4) is 11.3 Å². The molecular formula is C35H46F3N5. The minimum absolute atomic E-state index is 0.0992. The van der Waals surface area contributed by atoms with E-state index < -0.39 is 23.0 Å². The first-order valence-electron chi connectivity index (χ1n) is 15.9.